The van der Waals surface area contributed by atoms with Crippen LogP contribution in [0, 0.1) is 13.8 Å². The third kappa shape index (κ3) is 6.20. The first-order chi connectivity index (χ1) is 16.4. The number of aromatic nitrogens is 3. The highest BCUT2D eigenvalue weighted by molar-refractivity contribution is 7.99. The van der Waals surface area contributed by atoms with Crippen molar-refractivity contribution in [2.24, 2.45) is 0 Å². The van der Waals surface area contributed by atoms with E-state index in [1.807, 2.05) is 25.1 Å². The first kappa shape index (κ1) is 24.8. The van der Waals surface area contributed by atoms with Gasteiger partial charge in [-0.15, -0.1) is 11.3 Å². The van der Waals surface area contributed by atoms with Crippen molar-refractivity contribution in [3.8, 4) is 22.1 Å². The van der Waals surface area contributed by atoms with Gasteiger partial charge in [-0.1, -0.05) is 18.2 Å². The summed E-state index contributed by atoms with van der Waals surface area (Å²) < 4.78 is 11.7. The molecule has 3 heterocycles. The summed E-state index contributed by atoms with van der Waals surface area (Å²) in [4.78, 5) is 17.5. The maximum Gasteiger partial charge on any atom is 0.190 e. The van der Waals surface area contributed by atoms with E-state index in [1.165, 1.54) is 24.1 Å². The van der Waals surface area contributed by atoms with Gasteiger partial charge in [-0.05, 0) is 64.9 Å². The third-order valence-corrected chi connectivity index (χ3v) is 7.88. The molecule has 7 nitrogen and oxygen atoms in total. The number of ether oxygens (including phenoxy) is 2. The van der Waals surface area contributed by atoms with Crippen LogP contribution in [0.25, 0.3) is 10.6 Å². The summed E-state index contributed by atoms with van der Waals surface area (Å²) in [5, 5.41) is 1.74. The van der Waals surface area contributed by atoms with Crippen molar-refractivity contribution in [3.05, 3.63) is 40.5 Å². The lowest BCUT2D eigenvalue weighted by Crippen LogP contribution is -2.33. The van der Waals surface area contributed by atoms with E-state index in [9.17, 15) is 0 Å². The number of nitrogen functional groups attached to an aromatic ring is 1. The van der Waals surface area contributed by atoms with Crippen LogP contribution in [0.2, 0.25) is 0 Å². The highest BCUT2D eigenvalue weighted by atomic mass is 32.2. The second-order valence-electron chi connectivity index (χ2n) is 8.55. The van der Waals surface area contributed by atoms with Crippen LogP contribution in [0.1, 0.15) is 47.7 Å². The van der Waals surface area contributed by atoms with Gasteiger partial charge in [0.25, 0.3) is 0 Å². The number of thiazole rings is 1. The quantitative estimate of drug-likeness (QED) is 0.304. The molecule has 0 unspecified atom stereocenters. The van der Waals surface area contributed by atoms with E-state index in [1.54, 1.807) is 36.3 Å². The molecule has 1 aliphatic rings. The van der Waals surface area contributed by atoms with Gasteiger partial charge in [-0.2, -0.15) is 0 Å². The highest BCUT2D eigenvalue weighted by Gasteiger charge is 2.19. The van der Waals surface area contributed by atoms with Crippen LogP contribution >= 0.6 is 23.1 Å². The van der Waals surface area contributed by atoms with Crippen molar-refractivity contribution in [1.82, 2.24) is 19.9 Å². The molecule has 4 rings (SSSR count). The molecule has 0 aliphatic carbocycles. The predicted octanol–water partition coefficient (Wildman–Crippen LogP) is 5.53. The van der Waals surface area contributed by atoms with E-state index in [0.29, 0.717) is 17.6 Å². The van der Waals surface area contributed by atoms with E-state index >= 15 is 0 Å². The fourth-order valence-corrected chi connectivity index (χ4v) is 6.22. The average molecular weight is 500 g/mol. The summed E-state index contributed by atoms with van der Waals surface area (Å²) >= 11 is 3.26. The molecule has 9 heteroatoms. The molecule has 0 radical (unpaired) electrons. The highest BCUT2D eigenvalue weighted by Crippen LogP contribution is 2.40. The largest absolute Gasteiger partial charge is 0.493 e. The topological polar surface area (TPSA) is 86.4 Å². The molecule has 1 fully saturated rings. The monoisotopic (exact) mass is 499 g/mol. The molecular formula is C25H33N5O2S2. The molecule has 2 aromatic heterocycles. The lowest BCUT2D eigenvalue weighted by Gasteiger charge is -2.26. The second-order valence-corrected chi connectivity index (χ2v) is 11.1. The van der Waals surface area contributed by atoms with Crippen molar-refractivity contribution in [3.63, 3.8) is 0 Å². The minimum absolute atomic E-state index is 0.102. The van der Waals surface area contributed by atoms with Gasteiger partial charge < -0.3 is 15.2 Å². The number of rotatable bonds is 9. The van der Waals surface area contributed by atoms with Crippen LogP contribution in [0.5, 0.6) is 11.5 Å². The number of hydrogen-bond acceptors (Lipinski definition) is 9. The maximum atomic E-state index is 6.16. The number of thioether (sulfide) groups is 1. The Labute approximate surface area is 210 Å². The molecule has 0 bridgehead atoms. The van der Waals surface area contributed by atoms with Crippen molar-refractivity contribution in [2.45, 2.75) is 50.4 Å². The number of aryl methyl sites for hydroxylation is 2. The van der Waals surface area contributed by atoms with Gasteiger partial charge in [0.1, 0.15) is 17.4 Å². The lowest BCUT2D eigenvalue weighted by atomic mass is 10.1. The minimum Gasteiger partial charge on any atom is -0.493 e. The summed E-state index contributed by atoms with van der Waals surface area (Å²) in [6.45, 7) is 10.1. The van der Waals surface area contributed by atoms with E-state index < -0.39 is 0 Å². The standard InChI is InChI=1S/C25H33N5O2S2/c1-16-14-22(26)28-25(27-16)34-18(3)23-17(2)33-24(29-23)19-8-9-20(31-4)21(15-19)32-13-12-30-10-6-5-7-11-30/h8-9,14-15,18H,5-7,10-13H2,1-4H3,(H2,26,27,28)/t18-/m1/s1. The fraction of sp³-hybridized carbons (Fsp3) is 0.480. The number of nitrogens with zero attached hydrogens (tertiary/aromatic N) is 4. The molecule has 182 valence electrons. The summed E-state index contributed by atoms with van der Waals surface area (Å²) in [7, 11) is 1.68. The van der Waals surface area contributed by atoms with Crippen LogP contribution in [0.4, 0.5) is 5.82 Å². The summed E-state index contributed by atoms with van der Waals surface area (Å²) in [5.74, 6) is 2.00. The first-order valence-electron chi connectivity index (χ1n) is 11.7. The minimum atomic E-state index is 0.102. The Morgan fingerprint density at radius 2 is 1.88 bits per heavy atom. The van der Waals surface area contributed by atoms with E-state index in [4.69, 9.17) is 20.2 Å². The molecule has 1 atom stereocenters. The van der Waals surface area contributed by atoms with Gasteiger partial charge in [0.15, 0.2) is 16.7 Å². The van der Waals surface area contributed by atoms with E-state index in [-0.39, 0.29) is 5.25 Å². The number of benzene rings is 1. The van der Waals surface area contributed by atoms with Gasteiger partial charge in [-0.25, -0.2) is 15.0 Å². The van der Waals surface area contributed by atoms with E-state index in [2.05, 4.69) is 28.7 Å². The molecule has 0 amide bonds. The first-order valence-corrected chi connectivity index (χ1v) is 13.4. The maximum absolute atomic E-state index is 6.16. The molecule has 1 aliphatic heterocycles. The van der Waals surface area contributed by atoms with Crippen LogP contribution in [-0.4, -0.2) is 53.2 Å². The number of piperidine rings is 1. The smallest absolute Gasteiger partial charge is 0.190 e. The van der Waals surface area contributed by atoms with Crippen LogP contribution in [0.15, 0.2) is 29.4 Å². The van der Waals surface area contributed by atoms with Crippen LogP contribution in [-0.2, 0) is 0 Å². The Morgan fingerprint density at radius 1 is 1.09 bits per heavy atom. The number of likely N-dealkylation sites (tertiary alicyclic amines) is 1. The average Bonchev–Trinajstić information content (AvgIpc) is 3.21. The Balaban J connectivity index is 1.48. The van der Waals surface area contributed by atoms with Crippen molar-refractivity contribution in [1.29, 1.82) is 0 Å². The van der Waals surface area contributed by atoms with Gasteiger partial charge in [0, 0.05) is 28.7 Å². The summed E-state index contributed by atoms with van der Waals surface area (Å²) in [5.41, 5.74) is 8.83. The number of methoxy groups -OCH3 is 1. The number of hydrogen-bond donors (Lipinski definition) is 1. The molecule has 0 saturated carbocycles. The molecule has 1 saturated heterocycles. The van der Waals surface area contributed by atoms with E-state index in [0.717, 1.165) is 53.1 Å². The van der Waals surface area contributed by atoms with Gasteiger partial charge in [0.05, 0.1) is 18.1 Å². The van der Waals surface area contributed by atoms with Gasteiger partial charge in [0.2, 0.25) is 0 Å². The summed E-state index contributed by atoms with van der Waals surface area (Å²) in [6.07, 6.45) is 3.90. The zero-order valence-corrected chi connectivity index (χ0v) is 22.0. The molecule has 1 aromatic carbocycles. The van der Waals surface area contributed by atoms with Gasteiger partial charge >= 0.3 is 0 Å². The Kier molecular flexibility index (Phi) is 8.28. The second kappa shape index (κ2) is 11.4. The third-order valence-electron chi connectivity index (χ3n) is 5.88. The molecular weight excluding hydrogens is 466 g/mol. The number of anilines is 1. The van der Waals surface area contributed by atoms with Crippen molar-refractivity contribution in [2.75, 3.05) is 39.1 Å². The Hall–Kier alpha value is -2.36. The molecule has 0 spiro atoms. The van der Waals surface area contributed by atoms with Crippen LogP contribution < -0.4 is 15.2 Å². The normalized spacial score (nSPS) is 15.3. The SMILES string of the molecule is COc1ccc(-c2nc([C@@H](C)Sc3nc(C)cc(N)n3)c(C)s2)cc1OCCN1CCCCC1. The van der Waals surface area contributed by atoms with Gasteiger partial charge in [-0.3, -0.25) is 4.90 Å². The Bertz CT molecular complexity index is 1090. The van der Waals surface area contributed by atoms with Crippen molar-refractivity contribution >= 4 is 28.9 Å². The van der Waals surface area contributed by atoms with Crippen LogP contribution in [0.3, 0.4) is 0 Å². The van der Waals surface area contributed by atoms with Crippen molar-refractivity contribution < 1.29 is 9.47 Å². The zero-order valence-electron chi connectivity index (χ0n) is 20.3. The number of nitrogens with two attached hydrogens (primary N) is 1. The predicted molar refractivity (Wildman–Crippen MR) is 140 cm³/mol. The molecule has 34 heavy (non-hydrogen) atoms. The lowest BCUT2D eigenvalue weighted by molar-refractivity contribution is 0.180. The zero-order chi connectivity index (χ0) is 24.1. The molecule has 2 N–H and O–H groups in total. The summed E-state index contributed by atoms with van der Waals surface area (Å²) in [6, 6.07) is 7.82. The molecule has 3 aromatic rings. The Morgan fingerprint density at radius 3 is 2.62 bits per heavy atom. The fourth-order valence-electron chi connectivity index (χ4n) is 4.13.